The second kappa shape index (κ2) is 4.07. The van der Waals surface area contributed by atoms with Crippen molar-refractivity contribution in [2.75, 3.05) is 0 Å². The summed E-state index contributed by atoms with van der Waals surface area (Å²) < 4.78 is 1.26. The van der Waals surface area contributed by atoms with Crippen molar-refractivity contribution in [1.29, 1.82) is 0 Å². The van der Waals surface area contributed by atoms with E-state index in [1.165, 1.54) is 10.3 Å². The standard InChI is InChI=1S/C11H14N2S/c1-8(12)2-3-9-4-5-11-10(6-9)13-7-14-11/h4-8H,2-3,12H2,1H3. The molecular weight excluding hydrogens is 192 g/mol. The summed E-state index contributed by atoms with van der Waals surface area (Å²) in [6.45, 7) is 2.04. The van der Waals surface area contributed by atoms with Gasteiger partial charge in [0.1, 0.15) is 0 Å². The monoisotopic (exact) mass is 206 g/mol. The van der Waals surface area contributed by atoms with Crippen LogP contribution < -0.4 is 5.73 Å². The topological polar surface area (TPSA) is 38.9 Å². The highest BCUT2D eigenvalue weighted by Crippen LogP contribution is 2.19. The molecule has 2 aromatic rings. The molecule has 0 amide bonds. The van der Waals surface area contributed by atoms with E-state index in [0.717, 1.165) is 18.4 Å². The number of benzene rings is 1. The van der Waals surface area contributed by atoms with E-state index in [1.54, 1.807) is 11.3 Å². The van der Waals surface area contributed by atoms with Gasteiger partial charge in [-0.15, -0.1) is 11.3 Å². The lowest BCUT2D eigenvalue weighted by Gasteiger charge is -2.04. The Labute approximate surface area is 87.8 Å². The summed E-state index contributed by atoms with van der Waals surface area (Å²) in [5.41, 5.74) is 10.1. The average molecular weight is 206 g/mol. The second-order valence-electron chi connectivity index (χ2n) is 3.67. The summed E-state index contributed by atoms with van der Waals surface area (Å²) in [7, 11) is 0. The predicted molar refractivity (Wildman–Crippen MR) is 61.6 cm³/mol. The zero-order valence-electron chi connectivity index (χ0n) is 8.23. The first-order valence-electron chi connectivity index (χ1n) is 4.83. The van der Waals surface area contributed by atoms with Crippen molar-refractivity contribution >= 4 is 21.6 Å². The number of aryl methyl sites for hydroxylation is 1. The van der Waals surface area contributed by atoms with Crippen LogP contribution in [0.5, 0.6) is 0 Å². The number of fused-ring (bicyclic) bond motifs is 1. The molecule has 0 saturated heterocycles. The van der Waals surface area contributed by atoms with E-state index in [2.05, 4.69) is 23.2 Å². The fraction of sp³-hybridized carbons (Fsp3) is 0.364. The third-order valence-electron chi connectivity index (χ3n) is 2.28. The molecule has 0 radical (unpaired) electrons. The molecule has 2 N–H and O–H groups in total. The molecule has 2 nitrogen and oxygen atoms in total. The van der Waals surface area contributed by atoms with E-state index < -0.39 is 0 Å². The number of hydrogen-bond acceptors (Lipinski definition) is 3. The molecule has 14 heavy (non-hydrogen) atoms. The second-order valence-corrected chi connectivity index (χ2v) is 4.56. The van der Waals surface area contributed by atoms with Crippen molar-refractivity contribution in [3.63, 3.8) is 0 Å². The van der Waals surface area contributed by atoms with Crippen LogP contribution in [-0.4, -0.2) is 11.0 Å². The van der Waals surface area contributed by atoms with Crippen molar-refractivity contribution in [2.45, 2.75) is 25.8 Å². The quantitative estimate of drug-likeness (QED) is 0.838. The maximum atomic E-state index is 5.72. The van der Waals surface area contributed by atoms with Crippen molar-refractivity contribution < 1.29 is 0 Å². The lowest BCUT2D eigenvalue weighted by molar-refractivity contribution is 0.666. The zero-order valence-corrected chi connectivity index (χ0v) is 9.05. The molecule has 2 rings (SSSR count). The number of nitrogens with zero attached hydrogens (tertiary/aromatic N) is 1. The molecule has 1 unspecified atom stereocenters. The van der Waals surface area contributed by atoms with Crippen molar-refractivity contribution in [1.82, 2.24) is 4.98 Å². The van der Waals surface area contributed by atoms with Gasteiger partial charge in [-0.3, -0.25) is 0 Å². The fourth-order valence-corrected chi connectivity index (χ4v) is 2.11. The van der Waals surface area contributed by atoms with E-state index in [0.29, 0.717) is 0 Å². The summed E-state index contributed by atoms with van der Waals surface area (Å²) in [5.74, 6) is 0. The van der Waals surface area contributed by atoms with Gasteiger partial charge in [0.05, 0.1) is 15.7 Å². The number of hydrogen-bond donors (Lipinski definition) is 1. The van der Waals surface area contributed by atoms with Gasteiger partial charge in [-0.1, -0.05) is 6.07 Å². The summed E-state index contributed by atoms with van der Waals surface area (Å²) in [5, 5.41) is 0. The Morgan fingerprint density at radius 1 is 1.50 bits per heavy atom. The number of nitrogens with two attached hydrogens (primary N) is 1. The molecule has 1 heterocycles. The first-order valence-corrected chi connectivity index (χ1v) is 5.71. The molecule has 0 fully saturated rings. The smallest absolute Gasteiger partial charge is 0.0814 e. The number of thiazole rings is 1. The van der Waals surface area contributed by atoms with Gasteiger partial charge in [0.25, 0.3) is 0 Å². The van der Waals surface area contributed by atoms with Gasteiger partial charge in [0, 0.05) is 6.04 Å². The molecule has 3 heteroatoms. The Bertz CT molecular complexity index is 420. The molecule has 0 bridgehead atoms. The van der Waals surface area contributed by atoms with Crippen LogP contribution in [-0.2, 0) is 6.42 Å². The third kappa shape index (κ3) is 2.11. The molecule has 0 aliphatic rings. The minimum absolute atomic E-state index is 0.279. The highest BCUT2D eigenvalue weighted by Gasteiger charge is 2.00. The van der Waals surface area contributed by atoms with Gasteiger partial charge in [-0.2, -0.15) is 0 Å². The maximum absolute atomic E-state index is 5.72. The van der Waals surface area contributed by atoms with Crippen molar-refractivity contribution in [3.05, 3.63) is 29.3 Å². The first kappa shape index (κ1) is 9.62. The minimum atomic E-state index is 0.279. The highest BCUT2D eigenvalue weighted by atomic mass is 32.1. The van der Waals surface area contributed by atoms with Crippen LogP contribution >= 0.6 is 11.3 Å². The molecular formula is C11H14N2S. The van der Waals surface area contributed by atoms with Crippen LogP contribution in [0, 0.1) is 0 Å². The van der Waals surface area contributed by atoms with Crippen LogP contribution in [0.15, 0.2) is 23.7 Å². The van der Waals surface area contributed by atoms with Crippen LogP contribution in [0.1, 0.15) is 18.9 Å². The van der Waals surface area contributed by atoms with Crippen LogP contribution in [0.4, 0.5) is 0 Å². The number of rotatable bonds is 3. The van der Waals surface area contributed by atoms with Gasteiger partial charge < -0.3 is 5.73 Å². The van der Waals surface area contributed by atoms with E-state index in [4.69, 9.17) is 5.73 Å². The summed E-state index contributed by atoms with van der Waals surface area (Å²) in [4.78, 5) is 4.29. The first-order chi connectivity index (χ1) is 6.75. The summed E-state index contributed by atoms with van der Waals surface area (Å²) in [6, 6.07) is 6.75. The number of aromatic nitrogens is 1. The molecule has 74 valence electrons. The van der Waals surface area contributed by atoms with E-state index in [9.17, 15) is 0 Å². The van der Waals surface area contributed by atoms with Gasteiger partial charge in [-0.05, 0) is 37.5 Å². The van der Waals surface area contributed by atoms with Crippen LogP contribution in [0.25, 0.3) is 10.2 Å². The largest absolute Gasteiger partial charge is 0.328 e. The van der Waals surface area contributed by atoms with Gasteiger partial charge in [0.15, 0.2) is 0 Å². The van der Waals surface area contributed by atoms with Gasteiger partial charge in [-0.25, -0.2) is 4.98 Å². The molecule has 1 atom stereocenters. The Hall–Kier alpha value is -0.930. The lowest BCUT2D eigenvalue weighted by Crippen LogP contribution is -2.15. The molecule has 0 saturated carbocycles. The van der Waals surface area contributed by atoms with E-state index in [-0.39, 0.29) is 6.04 Å². The molecule has 1 aromatic heterocycles. The lowest BCUT2D eigenvalue weighted by atomic mass is 10.1. The Kier molecular flexibility index (Phi) is 2.79. The third-order valence-corrected chi connectivity index (χ3v) is 3.09. The van der Waals surface area contributed by atoms with Gasteiger partial charge >= 0.3 is 0 Å². The highest BCUT2D eigenvalue weighted by molar-refractivity contribution is 7.16. The average Bonchev–Trinajstić information content (AvgIpc) is 2.61. The summed E-state index contributed by atoms with van der Waals surface area (Å²) >= 11 is 1.68. The Balaban J connectivity index is 2.17. The van der Waals surface area contributed by atoms with Crippen molar-refractivity contribution in [2.24, 2.45) is 5.73 Å². The molecule has 0 aliphatic carbocycles. The SMILES string of the molecule is CC(N)CCc1ccc2scnc2c1. The molecule has 0 spiro atoms. The summed E-state index contributed by atoms with van der Waals surface area (Å²) in [6.07, 6.45) is 2.08. The normalized spacial score (nSPS) is 13.3. The van der Waals surface area contributed by atoms with Gasteiger partial charge in [0.2, 0.25) is 0 Å². The molecule has 1 aromatic carbocycles. The van der Waals surface area contributed by atoms with Crippen LogP contribution in [0.2, 0.25) is 0 Å². The van der Waals surface area contributed by atoms with Crippen LogP contribution in [0.3, 0.4) is 0 Å². The zero-order chi connectivity index (χ0) is 9.97. The van der Waals surface area contributed by atoms with E-state index in [1.807, 2.05) is 12.4 Å². The van der Waals surface area contributed by atoms with Crippen molar-refractivity contribution in [3.8, 4) is 0 Å². The Morgan fingerprint density at radius 2 is 2.36 bits per heavy atom. The fourth-order valence-electron chi connectivity index (χ4n) is 1.45. The maximum Gasteiger partial charge on any atom is 0.0814 e. The predicted octanol–water partition coefficient (Wildman–Crippen LogP) is 2.58. The minimum Gasteiger partial charge on any atom is -0.328 e. The Morgan fingerprint density at radius 3 is 3.14 bits per heavy atom. The molecule has 0 aliphatic heterocycles. The van der Waals surface area contributed by atoms with E-state index >= 15 is 0 Å².